The standard InChI is InChI=1S/C13H22N2O3/c16-11(4-3-10-2-1-7-14-8-10)15-9-13(5-6-13)12(17)18/h10,14H,1-9H2,(H,15,16)(H,17,18). The van der Waals surface area contributed by atoms with Crippen LogP contribution < -0.4 is 10.6 Å². The van der Waals surface area contributed by atoms with Crippen LogP contribution in [0, 0.1) is 11.3 Å². The van der Waals surface area contributed by atoms with Crippen LogP contribution >= 0.6 is 0 Å². The molecule has 2 fully saturated rings. The molecule has 5 heteroatoms. The molecular formula is C13H22N2O3. The van der Waals surface area contributed by atoms with Crippen LogP contribution in [0.1, 0.15) is 38.5 Å². The van der Waals surface area contributed by atoms with Crippen molar-refractivity contribution in [2.24, 2.45) is 11.3 Å². The maximum Gasteiger partial charge on any atom is 0.311 e. The molecule has 0 aromatic carbocycles. The van der Waals surface area contributed by atoms with Gasteiger partial charge in [0, 0.05) is 13.0 Å². The molecule has 0 bridgehead atoms. The minimum Gasteiger partial charge on any atom is -0.481 e. The van der Waals surface area contributed by atoms with Gasteiger partial charge in [0.25, 0.3) is 0 Å². The molecule has 1 aliphatic carbocycles. The second kappa shape index (κ2) is 5.69. The van der Waals surface area contributed by atoms with Gasteiger partial charge < -0.3 is 15.7 Å². The van der Waals surface area contributed by atoms with E-state index in [-0.39, 0.29) is 5.91 Å². The molecule has 1 unspecified atom stereocenters. The molecule has 2 rings (SSSR count). The summed E-state index contributed by atoms with van der Waals surface area (Å²) in [7, 11) is 0. The lowest BCUT2D eigenvalue weighted by Crippen LogP contribution is -2.35. The van der Waals surface area contributed by atoms with Gasteiger partial charge in [-0.05, 0) is 51.1 Å². The van der Waals surface area contributed by atoms with Crippen molar-refractivity contribution in [2.75, 3.05) is 19.6 Å². The van der Waals surface area contributed by atoms with E-state index in [0.717, 1.165) is 19.5 Å². The van der Waals surface area contributed by atoms with Gasteiger partial charge in [-0.1, -0.05) is 0 Å². The Morgan fingerprint density at radius 1 is 1.39 bits per heavy atom. The summed E-state index contributed by atoms with van der Waals surface area (Å²) in [5.74, 6) is -0.189. The molecule has 1 saturated carbocycles. The average Bonchev–Trinajstić information content (AvgIpc) is 3.16. The van der Waals surface area contributed by atoms with Gasteiger partial charge in [-0.3, -0.25) is 9.59 Å². The highest BCUT2D eigenvalue weighted by molar-refractivity contribution is 5.80. The second-order valence-electron chi connectivity index (χ2n) is 5.61. The molecule has 0 aromatic heterocycles. The van der Waals surface area contributed by atoms with Gasteiger partial charge >= 0.3 is 5.97 Å². The molecular weight excluding hydrogens is 232 g/mol. The zero-order valence-corrected chi connectivity index (χ0v) is 10.7. The Labute approximate surface area is 107 Å². The lowest BCUT2D eigenvalue weighted by molar-refractivity contribution is -0.143. The molecule has 0 aromatic rings. The van der Waals surface area contributed by atoms with Gasteiger partial charge in [0.15, 0.2) is 0 Å². The number of carboxylic acids is 1. The topological polar surface area (TPSA) is 78.4 Å². The van der Waals surface area contributed by atoms with E-state index in [4.69, 9.17) is 5.11 Å². The fourth-order valence-electron chi connectivity index (χ4n) is 2.48. The molecule has 0 spiro atoms. The Morgan fingerprint density at radius 2 is 2.17 bits per heavy atom. The number of carbonyl (C=O) groups is 2. The van der Waals surface area contributed by atoms with Crippen LogP contribution in [0.2, 0.25) is 0 Å². The largest absolute Gasteiger partial charge is 0.481 e. The Hall–Kier alpha value is -1.10. The maximum atomic E-state index is 11.7. The van der Waals surface area contributed by atoms with Crippen LogP contribution in [0.4, 0.5) is 0 Å². The minimum absolute atomic E-state index is 0.00639. The number of carboxylic acid groups (broad SMARTS) is 1. The molecule has 1 aliphatic heterocycles. The van der Waals surface area contributed by atoms with E-state index < -0.39 is 11.4 Å². The van der Waals surface area contributed by atoms with Crippen LogP contribution in [-0.4, -0.2) is 36.6 Å². The van der Waals surface area contributed by atoms with Crippen molar-refractivity contribution in [3.05, 3.63) is 0 Å². The molecule has 3 N–H and O–H groups in total. The zero-order valence-electron chi connectivity index (χ0n) is 10.7. The lowest BCUT2D eigenvalue weighted by Gasteiger charge is -2.22. The van der Waals surface area contributed by atoms with Gasteiger partial charge in [0.2, 0.25) is 5.91 Å². The summed E-state index contributed by atoms with van der Waals surface area (Å²) in [6.45, 7) is 2.39. The molecule has 2 aliphatic rings. The molecule has 1 heterocycles. The van der Waals surface area contributed by atoms with Crippen molar-refractivity contribution in [1.29, 1.82) is 0 Å². The first kappa shape index (κ1) is 13.3. The summed E-state index contributed by atoms with van der Waals surface area (Å²) in [6.07, 6.45) is 5.18. The Kier molecular flexibility index (Phi) is 4.22. The van der Waals surface area contributed by atoms with Crippen LogP contribution in [0.3, 0.4) is 0 Å². The molecule has 1 saturated heterocycles. The number of hydrogen-bond donors (Lipinski definition) is 3. The Balaban J connectivity index is 1.62. The average molecular weight is 254 g/mol. The van der Waals surface area contributed by atoms with Crippen LogP contribution in [0.15, 0.2) is 0 Å². The lowest BCUT2D eigenvalue weighted by atomic mass is 9.94. The SMILES string of the molecule is O=C(CCC1CCCNC1)NCC1(C(=O)O)CC1. The van der Waals surface area contributed by atoms with Crippen molar-refractivity contribution in [3.63, 3.8) is 0 Å². The monoisotopic (exact) mass is 254 g/mol. The van der Waals surface area contributed by atoms with E-state index in [1.165, 1.54) is 12.8 Å². The number of carbonyl (C=O) groups excluding carboxylic acids is 1. The summed E-state index contributed by atoms with van der Waals surface area (Å²) >= 11 is 0. The Morgan fingerprint density at radius 3 is 2.72 bits per heavy atom. The van der Waals surface area contributed by atoms with E-state index in [9.17, 15) is 9.59 Å². The summed E-state index contributed by atoms with van der Waals surface area (Å²) in [6, 6.07) is 0. The summed E-state index contributed by atoms with van der Waals surface area (Å²) in [5, 5.41) is 15.1. The van der Waals surface area contributed by atoms with E-state index >= 15 is 0 Å². The maximum absolute atomic E-state index is 11.7. The number of piperidine rings is 1. The summed E-state index contributed by atoms with van der Waals surface area (Å²) in [4.78, 5) is 22.6. The second-order valence-corrected chi connectivity index (χ2v) is 5.61. The highest BCUT2D eigenvalue weighted by atomic mass is 16.4. The predicted molar refractivity (Wildman–Crippen MR) is 67.1 cm³/mol. The summed E-state index contributed by atoms with van der Waals surface area (Å²) in [5.41, 5.74) is -0.651. The van der Waals surface area contributed by atoms with E-state index in [1.54, 1.807) is 0 Å². The smallest absolute Gasteiger partial charge is 0.311 e. The minimum atomic E-state index is -0.778. The van der Waals surface area contributed by atoms with E-state index in [1.807, 2.05) is 0 Å². The number of amides is 1. The van der Waals surface area contributed by atoms with Crippen LogP contribution in [0.5, 0.6) is 0 Å². The number of hydrogen-bond acceptors (Lipinski definition) is 3. The van der Waals surface area contributed by atoms with Crippen molar-refractivity contribution >= 4 is 11.9 Å². The zero-order chi connectivity index (χ0) is 13.0. The number of rotatable bonds is 6. The van der Waals surface area contributed by atoms with Crippen molar-refractivity contribution in [2.45, 2.75) is 38.5 Å². The molecule has 5 nitrogen and oxygen atoms in total. The van der Waals surface area contributed by atoms with Gasteiger partial charge in [-0.25, -0.2) is 0 Å². The van der Waals surface area contributed by atoms with Crippen molar-refractivity contribution in [1.82, 2.24) is 10.6 Å². The third-order valence-corrected chi connectivity index (χ3v) is 4.11. The normalized spacial score (nSPS) is 25.4. The van der Waals surface area contributed by atoms with Gasteiger partial charge in [-0.2, -0.15) is 0 Å². The molecule has 1 atom stereocenters. The number of nitrogens with one attached hydrogen (secondary N) is 2. The third kappa shape index (κ3) is 3.45. The first-order chi connectivity index (χ1) is 8.62. The first-order valence-electron chi connectivity index (χ1n) is 6.83. The van der Waals surface area contributed by atoms with E-state index in [0.29, 0.717) is 31.7 Å². The van der Waals surface area contributed by atoms with Crippen molar-refractivity contribution in [3.8, 4) is 0 Å². The molecule has 0 radical (unpaired) electrons. The first-order valence-corrected chi connectivity index (χ1v) is 6.83. The highest BCUT2D eigenvalue weighted by Crippen LogP contribution is 2.45. The predicted octanol–water partition coefficient (Wildman–Crippen LogP) is 0.747. The molecule has 18 heavy (non-hydrogen) atoms. The van der Waals surface area contributed by atoms with Crippen LogP contribution in [0.25, 0.3) is 0 Å². The third-order valence-electron chi connectivity index (χ3n) is 4.11. The van der Waals surface area contributed by atoms with E-state index in [2.05, 4.69) is 10.6 Å². The van der Waals surface area contributed by atoms with Crippen LogP contribution in [-0.2, 0) is 9.59 Å². The number of aliphatic carboxylic acids is 1. The highest BCUT2D eigenvalue weighted by Gasteiger charge is 2.50. The Bertz CT molecular complexity index is 320. The molecule has 102 valence electrons. The molecule has 1 amide bonds. The fraction of sp³-hybridized carbons (Fsp3) is 0.846. The van der Waals surface area contributed by atoms with Gasteiger partial charge in [0.05, 0.1) is 5.41 Å². The summed E-state index contributed by atoms with van der Waals surface area (Å²) < 4.78 is 0. The van der Waals surface area contributed by atoms with Gasteiger partial charge in [-0.15, -0.1) is 0 Å². The quantitative estimate of drug-likeness (QED) is 0.653. The fourth-order valence-corrected chi connectivity index (χ4v) is 2.48. The van der Waals surface area contributed by atoms with Gasteiger partial charge in [0.1, 0.15) is 0 Å². The van der Waals surface area contributed by atoms with Crippen molar-refractivity contribution < 1.29 is 14.7 Å².